The number of benzene rings is 1. The van der Waals surface area contributed by atoms with Gasteiger partial charge >= 0.3 is 12.2 Å². The van der Waals surface area contributed by atoms with E-state index in [9.17, 15) is 14.7 Å². The molecule has 2 amide bonds. The summed E-state index contributed by atoms with van der Waals surface area (Å²) in [5, 5.41) is 10.1. The molecule has 2 rings (SSSR count). The third kappa shape index (κ3) is 7.38. The Kier molecular flexibility index (Phi) is 9.25. The minimum atomic E-state index is -0.799. The van der Waals surface area contributed by atoms with E-state index in [-0.39, 0.29) is 19.7 Å². The first kappa shape index (κ1) is 23.8. The first-order chi connectivity index (χ1) is 13.2. The fourth-order valence-electron chi connectivity index (χ4n) is 2.75. The fraction of sp³-hybridized carbons (Fsp3) is 0.619. The average Bonchev–Trinajstić information content (AvgIpc) is 2.66. The highest BCUT2D eigenvalue weighted by Gasteiger charge is 2.37. The van der Waals surface area contributed by atoms with Crippen molar-refractivity contribution in [3.05, 3.63) is 35.9 Å². The molecule has 7 heteroatoms. The zero-order valence-corrected chi connectivity index (χ0v) is 17.8. The molecular formula is C21H34N2O5. The van der Waals surface area contributed by atoms with Crippen molar-refractivity contribution in [1.82, 2.24) is 9.80 Å². The minimum absolute atomic E-state index is 0.186. The van der Waals surface area contributed by atoms with Gasteiger partial charge in [0.25, 0.3) is 0 Å². The van der Waals surface area contributed by atoms with Gasteiger partial charge in [-0.3, -0.25) is 4.90 Å². The summed E-state index contributed by atoms with van der Waals surface area (Å²) < 4.78 is 10.7. The fourth-order valence-corrected chi connectivity index (χ4v) is 2.75. The summed E-state index contributed by atoms with van der Waals surface area (Å²) in [5.41, 5.74) is 0.284. The van der Waals surface area contributed by atoms with Gasteiger partial charge in [-0.15, -0.1) is 0 Å². The molecule has 1 saturated heterocycles. The molecule has 158 valence electrons. The monoisotopic (exact) mass is 394 g/mol. The Hall–Kier alpha value is -2.28. The van der Waals surface area contributed by atoms with Crippen LogP contribution >= 0.6 is 0 Å². The lowest BCUT2D eigenvalue weighted by molar-refractivity contribution is -0.0282. The SMILES string of the molecule is CC.CC(O)C1CN(C(=O)OCc2ccccc2)CCN1C(=O)OC(C)(C)C. The van der Waals surface area contributed by atoms with Crippen molar-refractivity contribution < 1.29 is 24.2 Å². The number of rotatable bonds is 3. The van der Waals surface area contributed by atoms with Crippen molar-refractivity contribution in [3.8, 4) is 0 Å². The standard InChI is InChI=1S/C19H28N2O5.C2H6/c1-14(22)16-12-20(10-11-21(16)18(24)26-19(2,3)4)17(23)25-13-15-8-6-5-7-9-15;1-2/h5-9,14,16,22H,10-13H2,1-4H3;1-2H3. The molecule has 2 atom stereocenters. The van der Waals surface area contributed by atoms with Crippen LogP contribution in [-0.4, -0.2) is 64.5 Å². The van der Waals surface area contributed by atoms with Crippen molar-refractivity contribution in [3.63, 3.8) is 0 Å². The Balaban J connectivity index is 0.00000190. The molecule has 28 heavy (non-hydrogen) atoms. The molecule has 1 fully saturated rings. The van der Waals surface area contributed by atoms with Gasteiger partial charge in [-0.1, -0.05) is 44.2 Å². The molecule has 1 aromatic rings. The largest absolute Gasteiger partial charge is 0.445 e. The summed E-state index contributed by atoms with van der Waals surface area (Å²) in [6, 6.07) is 8.88. The van der Waals surface area contributed by atoms with Crippen LogP contribution < -0.4 is 0 Å². The summed E-state index contributed by atoms with van der Waals surface area (Å²) in [4.78, 5) is 27.7. The number of hydrogen-bond acceptors (Lipinski definition) is 5. The molecule has 1 aliphatic rings. The Bertz CT molecular complexity index is 613. The maximum atomic E-state index is 12.4. The van der Waals surface area contributed by atoms with Gasteiger partial charge in [0.05, 0.1) is 12.1 Å². The van der Waals surface area contributed by atoms with E-state index < -0.39 is 29.9 Å². The molecule has 1 aromatic carbocycles. The van der Waals surface area contributed by atoms with Crippen LogP contribution in [0, 0.1) is 0 Å². The lowest BCUT2D eigenvalue weighted by atomic mass is 10.1. The Labute approximate surface area is 168 Å². The van der Waals surface area contributed by atoms with Gasteiger partial charge in [0.1, 0.15) is 12.2 Å². The van der Waals surface area contributed by atoms with Crippen LogP contribution in [0.2, 0.25) is 0 Å². The topological polar surface area (TPSA) is 79.3 Å². The van der Waals surface area contributed by atoms with E-state index >= 15 is 0 Å². The van der Waals surface area contributed by atoms with Gasteiger partial charge in [-0.2, -0.15) is 0 Å². The molecule has 1 aliphatic heterocycles. The lowest BCUT2D eigenvalue weighted by Gasteiger charge is -2.42. The van der Waals surface area contributed by atoms with Crippen LogP contribution in [0.15, 0.2) is 30.3 Å². The molecule has 1 heterocycles. The second-order valence-corrected chi connectivity index (χ2v) is 7.47. The van der Waals surface area contributed by atoms with E-state index in [1.54, 1.807) is 27.7 Å². The van der Waals surface area contributed by atoms with E-state index in [4.69, 9.17) is 9.47 Å². The zero-order chi connectivity index (χ0) is 21.3. The Morgan fingerprint density at radius 1 is 1.14 bits per heavy atom. The van der Waals surface area contributed by atoms with Crippen molar-refractivity contribution >= 4 is 12.2 Å². The van der Waals surface area contributed by atoms with Gasteiger partial charge in [0.15, 0.2) is 0 Å². The molecule has 0 aromatic heterocycles. The first-order valence-corrected chi connectivity index (χ1v) is 9.80. The highest BCUT2D eigenvalue weighted by Crippen LogP contribution is 2.19. The predicted molar refractivity (Wildman–Crippen MR) is 108 cm³/mol. The maximum Gasteiger partial charge on any atom is 0.410 e. The van der Waals surface area contributed by atoms with E-state index in [0.717, 1.165) is 5.56 Å². The number of ether oxygens (including phenoxy) is 2. The van der Waals surface area contributed by atoms with Crippen molar-refractivity contribution in [2.75, 3.05) is 19.6 Å². The third-order valence-corrected chi connectivity index (χ3v) is 4.07. The molecular weight excluding hydrogens is 360 g/mol. The predicted octanol–water partition coefficient (Wildman–Crippen LogP) is 3.65. The van der Waals surface area contributed by atoms with E-state index in [2.05, 4.69) is 0 Å². The second-order valence-electron chi connectivity index (χ2n) is 7.47. The molecule has 2 unspecified atom stereocenters. The smallest absolute Gasteiger partial charge is 0.410 e. The number of piperazine rings is 1. The number of aliphatic hydroxyl groups excluding tert-OH is 1. The number of carbonyl (C=O) groups is 2. The molecule has 0 aliphatic carbocycles. The van der Waals surface area contributed by atoms with Crippen LogP contribution in [0.1, 0.15) is 47.1 Å². The number of amides is 2. The highest BCUT2D eigenvalue weighted by molar-refractivity contribution is 5.71. The number of aliphatic hydroxyl groups is 1. The average molecular weight is 395 g/mol. The van der Waals surface area contributed by atoms with Crippen LogP contribution in [0.3, 0.4) is 0 Å². The summed E-state index contributed by atoms with van der Waals surface area (Å²) in [6.45, 7) is 12.0. The van der Waals surface area contributed by atoms with Gasteiger partial charge in [-0.05, 0) is 33.3 Å². The van der Waals surface area contributed by atoms with Crippen molar-refractivity contribution in [2.24, 2.45) is 0 Å². The van der Waals surface area contributed by atoms with Crippen molar-refractivity contribution in [2.45, 2.75) is 65.9 Å². The van der Waals surface area contributed by atoms with Gasteiger partial charge in [0.2, 0.25) is 0 Å². The van der Waals surface area contributed by atoms with Crippen LogP contribution in [0.5, 0.6) is 0 Å². The van der Waals surface area contributed by atoms with Gasteiger partial charge < -0.3 is 19.5 Å². The van der Waals surface area contributed by atoms with Gasteiger partial charge in [-0.25, -0.2) is 9.59 Å². The van der Waals surface area contributed by atoms with E-state index in [1.165, 1.54) is 9.80 Å². The first-order valence-electron chi connectivity index (χ1n) is 9.80. The highest BCUT2D eigenvalue weighted by atomic mass is 16.6. The van der Waals surface area contributed by atoms with Crippen LogP contribution in [0.4, 0.5) is 9.59 Å². The molecule has 7 nitrogen and oxygen atoms in total. The molecule has 0 radical (unpaired) electrons. The zero-order valence-electron chi connectivity index (χ0n) is 17.8. The third-order valence-electron chi connectivity index (χ3n) is 4.07. The summed E-state index contributed by atoms with van der Waals surface area (Å²) >= 11 is 0. The van der Waals surface area contributed by atoms with Gasteiger partial charge in [0, 0.05) is 19.6 Å². The molecule has 0 saturated carbocycles. The minimum Gasteiger partial charge on any atom is -0.445 e. The Morgan fingerprint density at radius 2 is 1.75 bits per heavy atom. The number of carbonyl (C=O) groups excluding carboxylic acids is 2. The van der Waals surface area contributed by atoms with Crippen LogP contribution in [0.25, 0.3) is 0 Å². The number of hydrogen-bond donors (Lipinski definition) is 1. The molecule has 0 spiro atoms. The van der Waals surface area contributed by atoms with Crippen LogP contribution in [-0.2, 0) is 16.1 Å². The van der Waals surface area contributed by atoms with Crippen molar-refractivity contribution in [1.29, 1.82) is 0 Å². The quantitative estimate of drug-likeness (QED) is 0.846. The summed E-state index contributed by atoms with van der Waals surface area (Å²) in [5.74, 6) is 0. The Morgan fingerprint density at radius 3 is 2.29 bits per heavy atom. The second kappa shape index (κ2) is 10.9. The summed E-state index contributed by atoms with van der Waals surface area (Å²) in [6.07, 6.45) is -1.74. The summed E-state index contributed by atoms with van der Waals surface area (Å²) in [7, 11) is 0. The lowest BCUT2D eigenvalue weighted by Crippen LogP contribution is -2.60. The normalized spacial score (nSPS) is 17.9. The molecule has 1 N–H and O–H groups in total. The van der Waals surface area contributed by atoms with E-state index in [0.29, 0.717) is 6.54 Å². The van der Waals surface area contributed by atoms with E-state index in [1.807, 2.05) is 44.2 Å². The molecule has 0 bridgehead atoms. The number of nitrogens with zero attached hydrogens (tertiary/aromatic N) is 2. The maximum absolute atomic E-state index is 12.4.